The first-order valence-electron chi connectivity index (χ1n) is 4.66. The summed E-state index contributed by atoms with van der Waals surface area (Å²) < 4.78 is 0. The molecule has 0 saturated carbocycles. The summed E-state index contributed by atoms with van der Waals surface area (Å²) >= 11 is 0. The summed E-state index contributed by atoms with van der Waals surface area (Å²) in [5.74, 6) is 0. The topological polar surface area (TPSA) is 20.3 Å². The zero-order valence-corrected chi connectivity index (χ0v) is 7.57. The van der Waals surface area contributed by atoms with Crippen molar-refractivity contribution < 1.29 is 4.79 Å². The molecule has 0 atom stereocenters. The molecule has 1 heterocycles. The van der Waals surface area contributed by atoms with Gasteiger partial charge in [-0.05, 0) is 24.0 Å². The van der Waals surface area contributed by atoms with Crippen molar-refractivity contribution in [2.24, 2.45) is 0 Å². The van der Waals surface area contributed by atoms with Gasteiger partial charge in [0.05, 0.1) is 0 Å². The number of amides is 1. The molecule has 1 aromatic rings. The molecule has 13 heavy (non-hydrogen) atoms. The second-order valence-corrected chi connectivity index (χ2v) is 3.45. The van der Waals surface area contributed by atoms with Gasteiger partial charge in [-0.3, -0.25) is 4.79 Å². The van der Waals surface area contributed by atoms with Gasteiger partial charge < -0.3 is 4.90 Å². The predicted molar refractivity (Wildman–Crippen MR) is 51.2 cm³/mol. The third kappa shape index (κ3) is 1.72. The van der Waals surface area contributed by atoms with E-state index in [0.29, 0.717) is 0 Å². The van der Waals surface area contributed by atoms with Crippen LogP contribution in [0.2, 0.25) is 0 Å². The first-order chi connectivity index (χ1) is 6.40. The van der Waals surface area contributed by atoms with Gasteiger partial charge in [0.1, 0.15) is 0 Å². The molecule has 0 spiro atoms. The number of hydrogen-bond donors (Lipinski definition) is 0. The highest BCUT2D eigenvalue weighted by Gasteiger charge is 2.11. The van der Waals surface area contributed by atoms with E-state index < -0.39 is 0 Å². The van der Waals surface area contributed by atoms with Crippen molar-refractivity contribution in [1.29, 1.82) is 0 Å². The lowest BCUT2D eigenvalue weighted by Crippen LogP contribution is -2.20. The normalized spacial score (nSPS) is 16.2. The molecule has 1 aliphatic heterocycles. The predicted octanol–water partition coefficient (Wildman–Crippen LogP) is 1.59. The zero-order valence-electron chi connectivity index (χ0n) is 7.57. The fourth-order valence-corrected chi connectivity index (χ4v) is 1.82. The molecule has 1 aromatic carbocycles. The maximum atomic E-state index is 10.6. The van der Waals surface area contributed by atoms with Crippen LogP contribution in [0.25, 0.3) is 0 Å². The van der Waals surface area contributed by atoms with Gasteiger partial charge in [0.2, 0.25) is 6.41 Å². The second kappa shape index (κ2) is 3.60. The highest BCUT2D eigenvalue weighted by Crippen LogP contribution is 2.16. The summed E-state index contributed by atoms with van der Waals surface area (Å²) in [5, 5.41) is 0. The molecular weight excluding hydrogens is 162 g/mol. The van der Waals surface area contributed by atoms with E-state index in [0.717, 1.165) is 32.3 Å². The number of carbonyl (C=O) groups is 1. The minimum atomic E-state index is 0.777. The third-order valence-electron chi connectivity index (χ3n) is 2.53. The van der Waals surface area contributed by atoms with Gasteiger partial charge in [0.15, 0.2) is 0 Å². The number of aryl methyl sites for hydroxylation is 1. The molecule has 1 amide bonds. The average molecular weight is 175 g/mol. The monoisotopic (exact) mass is 175 g/mol. The van der Waals surface area contributed by atoms with Crippen molar-refractivity contribution >= 4 is 6.41 Å². The number of nitrogens with zero attached hydrogens (tertiary/aromatic N) is 1. The molecule has 0 aliphatic carbocycles. The van der Waals surface area contributed by atoms with E-state index in [1.165, 1.54) is 11.1 Å². The highest BCUT2D eigenvalue weighted by molar-refractivity contribution is 5.48. The van der Waals surface area contributed by atoms with Crippen LogP contribution in [0.3, 0.4) is 0 Å². The number of carbonyl (C=O) groups excluding carboxylic acids is 1. The zero-order chi connectivity index (χ0) is 9.10. The maximum absolute atomic E-state index is 10.6. The lowest BCUT2D eigenvalue weighted by molar-refractivity contribution is -0.118. The van der Waals surface area contributed by atoms with Gasteiger partial charge in [-0.15, -0.1) is 0 Å². The molecule has 2 heteroatoms. The van der Waals surface area contributed by atoms with Gasteiger partial charge in [0, 0.05) is 13.1 Å². The van der Waals surface area contributed by atoms with Crippen molar-refractivity contribution in [1.82, 2.24) is 4.90 Å². The quantitative estimate of drug-likeness (QED) is 0.593. The molecule has 0 saturated heterocycles. The Labute approximate surface area is 78.2 Å². The number of hydrogen-bond acceptors (Lipinski definition) is 1. The molecule has 68 valence electrons. The molecule has 0 bridgehead atoms. The van der Waals surface area contributed by atoms with Crippen LogP contribution in [0.4, 0.5) is 0 Å². The van der Waals surface area contributed by atoms with Crippen LogP contribution in [0.5, 0.6) is 0 Å². The molecule has 0 fully saturated rings. The van der Waals surface area contributed by atoms with Gasteiger partial charge in [-0.25, -0.2) is 0 Å². The summed E-state index contributed by atoms with van der Waals surface area (Å²) in [6, 6.07) is 8.36. The van der Waals surface area contributed by atoms with Crippen molar-refractivity contribution in [3.63, 3.8) is 0 Å². The Kier molecular flexibility index (Phi) is 2.30. The van der Waals surface area contributed by atoms with Gasteiger partial charge in [-0.1, -0.05) is 24.3 Å². The number of rotatable bonds is 1. The Morgan fingerprint density at radius 2 is 2.00 bits per heavy atom. The summed E-state index contributed by atoms with van der Waals surface area (Å²) in [5.41, 5.74) is 2.69. The van der Waals surface area contributed by atoms with E-state index in [9.17, 15) is 4.79 Å². The Balaban J connectivity index is 2.28. The SMILES string of the molecule is O=CN1CCCc2ccccc2C1. The molecule has 2 nitrogen and oxygen atoms in total. The van der Waals surface area contributed by atoms with Crippen molar-refractivity contribution in [2.75, 3.05) is 6.54 Å². The minimum Gasteiger partial charge on any atom is -0.341 e. The van der Waals surface area contributed by atoms with Crippen LogP contribution >= 0.6 is 0 Å². The van der Waals surface area contributed by atoms with Gasteiger partial charge >= 0.3 is 0 Å². The number of fused-ring (bicyclic) bond motifs is 1. The molecular formula is C11H13NO. The van der Waals surface area contributed by atoms with E-state index in [1.54, 1.807) is 0 Å². The van der Waals surface area contributed by atoms with Crippen LogP contribution in [-0.2, 0) is 17.8 Å². The Morgan fingerprint density at radius 3 is 2.77 bits per heavy atom. The van der Waals surface area contributed by atoms with Crippen LogP contribution in [-0.4, -0.2) is 17.9 Å². The Bertz CT molecular complexity index is 309. The second-order valence-electron chi connectivity index (χ2n) is 3.45. The lowest BCUT2D eigenvalue weighted by Gasteiger charge is -2.13. The van der Waals surface area contributed by atoms with Crippen LogP contribution in [0.1, 0.15) is 17.5 Å². The fourth-order valence-electron chi connectivity index (χ4n) is 1.82. The molecule has 2 rings (SSSR count). The van der Waals surface area contributed by atoms with Crippen molar-refractivity contribution in [3.8, 4) is 0 Å². The van der Waals surface area contributed by atoms with E-state index in [-0.39, 0.29) is 0 Å². The first-order valence-corrected chi connectivity index (χ1v) is 4.66. The standard InChI is InChI=1S/C11H13NO/c13-9-12-7-3-6-10-4-1-2-5-11(10)8-12/h1-2,4-5,9H,3,6-8H2. The third-order valence-corrected chi connectivity index (χ3v) is 2.53. The smallest absolute Gasteiger partial charge is 0.210 e. The van der Waals surface area contributed by atoms with Crippen molar-refractivity contribution in [3.05, 3.63) is 35.4 Å². The van der Waals surface area contributed by atoms with Crippen LogP contribution in [0.15, 0.2) is 24.3 Å². The summed E-state index contributed by atoms with van der Waals surface area (Å²) in [4.78, 5) is 12.5. The molecule has 0 aromatic heterocycles. The average Bonchev–Trinajstić information content (AvgIpc) is 2.38. The fraction of sp³-hybridized carbons (Fsp3) is 0.364. The van der Waals surface area contributed by atoms with Crippen LogP contribution in [0, 0.1) is 0 Å². The Hall–Kier alpha value is -1.31. The Morgan fingerprint density at radius 1 is 1.23 bits per heavy atom. The van der Waals surface area contributed by atoms with E-state index in [1.807, 2.05) is 11.0 Å². The molecule has 1 aliphatic rings. The maximum Gasteiger partial charge on any atom is 0.210 e. The largest absolute Gasteiger partial charge is 0.341 e. The van der Waals surface area contributed by atoms with E-state index in [2.05, 4.69) is 18.2 Å². The molecule has 0 N–H and O–H groups in total. The first kappa shape index (κ1) is 8.30. The summed E-state index contributed by atoms with van der Waals surface area (Å²) in [6.07, 6.45) is 3.12. The molecule has 0 unspecified atom stereocenters. The van der Waals surface area contributed by atoms with Gasteiger partial charge in [0.25, 0.3) is 0 Å². The van der Waals surface area contributed by atoms with Crippen molar-refractivity contribution in [2.45, 2.75) is 19.4 Å². The summed E-state index contributed by atoms with van der Waals surface area (Å²) in [6.45, 7) is 1.66. The van der Waals surface area contributed by atoms with E-state index >= 15 is 0 Å². The van der Waals surface area contributed by atoms with Crippen LogP contribution < -0.4 is 0 Å². The van der Waals surface area contributed by atoms with E-state index in [4.69, 9.17) is 0 Å². The van der Waals surface area contributed by atoms with Gasteiger partial charge in [-0.2, -0.15) is 0 Å². The summed E-state index contributed by atoms with van der Waals surface area (Å²) in [7, 11) is 0. The minimum absolute atomic E-state index is 0.777. The lowest BCUT2D eigenvalue weighted by atomic mass is 10.0. The number of benzene rings is 1. The molecule has 0 radical (unpaired) electrons. The highest BCUT2D eigenvalue weighted by atomic mass is 16.1.